The predicted molar refractivity (Wildman–Crippen MR) is 233 cm³/mol. The van der Waals surface area contributed by atoms with Crippen LogP contribution in [0.1, 0.15) is 106 Å². The number of allylic oxidation sites excluding steroid dienone is 2. The first-order valence-electron chi connectivity index (χ1n) is 24.4. The fourth-order valence-electron chi connectivity index (χ4n) is 15.1. The SMILES string of the molecule is C[C@@H]1O[C@@H](O[C@H]2[C@H](O[C@H]3[C@H](O[C@H]4[C@@H](O)C[C@@]5(C)[C@@H](CC[C@]6(C)[C@@H]5CC=C5[C@@H]7CC(C)(C)CC[C@]7(C(=O)O)CC[C@]56C)[C@]4(C)C(=O)O)O[C@H](CO)[C@@H](O)[C@@H]3O)O[C@H](CO)[C@@H](O)[C@@H]2O)[C@H](O)[C@H](O)[C@H]1O. The zero-order valence-electron chi connectivity index (χ0n) is 40.0. The third-order valence-corrected chi connectivity index (χ3v) is 19.4. The lowest BCUT2D eigenvalue weighted by Gasteiger charge is -2.71. The molecule has 0 amide bonds. The van der Waals surface area contributed by atoms with E-state index in [9.17, 15) is 70.9 Å². The molecule has 0 bridgehead atoms. The van der Waals surface area contributed by atoms with Gasteiger partial charge in [-0.3, -0.25) is 9.59 Å². The molecule has 0 unspecified atom stereocenters. The van der Waals surface area contributed by atoms with Crippen LogP contribution in [0.4, 0.5) is 0 Å². The van der Waals surface area contributed by atoms with Gasteiger partial charge in [0.2, 0.25) is 0 Å². The molecule has 7 fully saturated rings. The topological polar surface area (TPSA) is 332 Å². The number of aliphatic hydroxyl groups is 10. The maximum atomic E-state index is 14.0. The van der Waals surface area contributed by atoms with Crippen LogP contribution in [0.3, 0.4) is 0 Å². The summed E-state index contributed by atoms with van der Waals surface area (Å²) in [7, 11) is 0. The Bertz CT molecular complexity index is 1920. The molecular formula is C48H76O20. The molecule has 3 heterocycles. The maximum Gasteiger partial charge on any atom is 0.312 e. The van der Waals surface area contributed by atoms with Crippen molar-refractivity contribution in [1.29, 1.82) is 0 Å². The van der Waals surface area contributed by atoms with Crippen molar-refractivity contribution in [3.63, 3.8) is 0 Å². The summed E-state index contributed by atoms with van der Waals surface area (Å²) in [6, 6.07) is 0. The van der Waals surface area contributed by atoms with Gasteiger partial charge in [-0.2, -0.15) is 0 Å². The number of aliphatic hydroxyl groups excluding tert-OH is 10. The monoisotopic (exact) mass is 972 g/mol. The minimum absolute atomic E-state index is 0.0418. The normalized spacial score (nSPS) is 54.6. The van der Waals surface area contributed by atoms with E-state index >= 15 is 0 Å². The molecule has 388 valence electrons. The first-order valence-corrected chi connectivity index (χ1v) is 24.4. The molecule has 68 heavy (non-hydrogen) atoms. The lowest BCUT2D eigenvalue weighted by atomic mass is 9.33. The van der Waals surface area contributed by atoms with Crippen LogP contribution in [0.25, 0.3) is 0 Å². The molecular weight excluding hydrogens is 897 g/mol. The molecule has 0 aromatic rings. The second kappa shape index (κ2) is 18.2. The summed E-state index contributed by atoms with van der Waals surface area (Å²) in [5.74, 6) is -2.92. The number of carboxylic acid groups (broad SMARTS) is 2. The Kier molecular flexibility index (Phi) is 14.0. The van der Waals surface area contributed by atoms with E-state index in [1.165, 1.54) is 19.4 Å². The summed E-state index contributed by atoms with van der Waals surface area (Å²) < 4.78 is 36.0. The third-order valence-electron chi connectivity index (χ3n) is 19.4. The second-order valence-electron chi connectivity index (χ2n) is 23.4. The first-order chi connectivity index (χ1) is 31.7. The van der Waals surface area contributed by atoms with Crippen molar-refractivity contribution >= 4 is 11.9 Å². The Balaban J connectivity index is 1.11. The molecule has 0 radical (unpaired) electrons. The number of carbonyl (C=O) groups is 2. The third kappa shape index (κ3) is 7.85. The van der Waals surface area contributed by atoms with Gasteiger partial charge in [0.25, 0.3) is 0 Å². The van der Waals surface area contributed by atoms with Gasteiger partial charge < -0.3 is 89.7 Å². The standard InChI is InChI=1S/C48H76O20/c1-20-28(52)31(55)34(58)38(63-20)66-35-32(56)29(53)24(18-49)64-39(35)67-36-33(57)30(54)25(19-50)65-40(36)68-37-23(51)17-44(4)26-9-8-21-22-16-43(2,3)12-14-48(22,42(61)62)15-13-45(21,5)46(26,6)11-10-27(44)47(37,7)41(59)60/h8,20,22-40,49-58H,9-19H2,1-7H3,(H,59,60)(H,61,62)/t20-,22-,23-,24+,25+,26+,27+,28-,29+,30+,31+,32-,33-,34+,35+,36+,37-,38-,39-,40-,44+,45+,46+,47-,48-/m0/s1. The summed E-state index contributed by atoms with van der Waals surface area (Å²) in [6.45, 7) is 12.1. The molecule has 20 nitrogen and oxygen atoms in total. The van der Waals surface area contributed by atoms with Gasteiger partial charge in [-0.05, 0) is 111 Å². The van der Waals surface area contributed by atoms with Gasteiger partial charge in [-0.1, -0.05) is 46.3 Å². The van der Waals surface area contributed by atoms with Gasteiger partial charge >= 0.3 is 11.9 Å². The largest absolute Gasteiger partial charge is 0.481 e. The van der Waals surface area contributed by atoms with Crippen LogP contribution in [0.15, 0.2) is 11.6 Å². The van der Waals surface area contributed by atoms with Gasteiger partial charge in [0, 0.05) is 0 Å². The van der Waals surface area contributed by atoms with Crippen molar-refractivity contribution < 1.29 is 99.3 Å². The Hall–Kier alpha value is -1.96. The van der Waals surface area contributed by atoms with Crippen LogP contribution < -0.4 is 0 Å². The van der Waals surface area contributed by atoms with E-state index in [-0.39, 0.29) is 23.7 Å². The number of rotatable bonds is 10. The lowest BCUT2D eigenvalue weighted by molar-refractivity contribution is -0.399. The molecule has 3 aliphatic heterocycles. The van der Waals surface area contributed by atoms with E-state index < -0.39 is 162 Å². The zero-order chi connectivity index (χ0) is 50.0. The number of hydrogen-bond acceptors (Lipinski definition) is 18. The minimum atomic E-state index is -1.99. The Morgan fingerprint density at radius 2 is 1.19 bits per heavy atom. The van der Waals surface area contributed by atoms with Crippen LogP contribution in [-0.4, -0.2) is 191 Å². The van der Waals surface area contributed by atoms with Crippen LogP contribution in [0.2, 0.25) is 0 Å². The molecule has 0 spiro atoms. The van der Waals surface area contributed by atoms with Crippen molar-refractivity contribution in [3.8, 4) is 0 Å². The van der Waals surface area contributed by atoms with Crippen LogP contribution in [0, 0.1) is 50.2 Å². The van der Waals surface area contributed by atoms with E-state index in [0.717, 1.165) is 12.8 Å². The Labute approximate surface area is 396 Å². The van der Waals surface area contributed by atoms with Gasteiger partial charge in [0.1, 0.15) is 73.2 Å². The van der Waals surface area contributed by atoms with Gasteiger partial charge in [-0.25, -0.2) is 0 Å². The van der Waals surface area contributed by atoms with Gasteiger partial charge in [-0.15, -0.1) is 0 Å². The van der Waals surface area contributed by atoms with Crippen molar-refractivity contribution in [2.75, 3.05) is 13.2 Å². The van der Waals surface area contributed by atoms with E-state index in [1.807, 2.05) is 6.92 Å². The molecule has 8 aliphatic rings. The quantitative estimate of drug-likeness (QED) is 0.0994. The summed E-state index contributed by atoms with van der Waals surface area (Å²) in [4.78, 5) is 27.1. The summed E-state index contributed by atoms with van der Waals surface area (Å²) >= 11 is 0. The predicted octanol–water partition coefficient (Wildman–Crippen LogP) is -0.231. The van der Waals surface area contributed by atoms with Crippen molar-refractivity contribution in [2.24, 2.45) is 50.2 Å². The Morgan fingerprint density at radius 3 is 1.75 bits per heavy atom. The molecule has 12 N–H and O–H groups in total. The minimum Gasteiger partial charge on any atom is -0.481 e. The average Bonchev–Trinajstić information content (AvgIpc) is 3.27. The first kappa shape index (κ1) is 52.4. The molecule has 8 rings (SSSR count). The number of hydrogen-bond donors (Lipinski definition) is 12. The molecule has 0 aromatic carbocycles. The van der Waals surface area contributed by atoms with E-state index in [0.29, 0.717) is 38.5 Å². The van der Waals surface area contributed by atoms with Crippen LogP contribution >= 0.6 is 0 Å². The number of ether oxygens (including phenoxy) is 6. The summed E-state index contributed by atoms with van der Waals surface area (Å²) in [5, 5.41) is 131. The molecule has 4 saturated carbocycles. The van der Waals surface area contributed by atoms with Gasteiger partial charge in [0.05, 0.1) is 36.3 Å². The molecule has 25 atom stereocenters. The highest BCUT2D eigenvalue weighted by Gasteiger charge is 2.73. The van der Waals surface area contributed by atoms with E-state index in [4.69, 9.17) is 28.4 Å². The smallest absolute Gasteiger partial charge is 0.312 e. The number of aliphatic carboxylic acids is 2. The highest BCUT2D eigenvalue weighted by atomic mass is 16.8. The fraction of sp³-hybridized carbons (Fsp3) is 0.917. The number of fused-ring (bicyclic) bond motifs is 7. The second-order valence-corrected chi connectivity index (χ2v) is 23.4. The highest BCUT2D eigenvalue weighted by molar-refractivity contribution is 5.77. The number of carboxylic acids is 2. The summed E-state index contributed by atoms with van der Waals surface area (Å²) in [6.07, 6.45) is -22.0. The lowest BCUT2D eigenvalue weighted by Crippen LogP contribution is -2.71. The van der Waals surface area contributed by atoms with Crippen molar-refractivity contribution in [3.05, 3.63) is 11.6 Å². The summed E-state index contributed by atoms with van der Waals surface area (Å²) in [5.41, 5.74) is -3.15. The fourth-order valence-corrected chi connectivity index (χ4v) is 15.1. The molecule has 5 aliphatic carbocycles. The van der Waals surface area contributed by atoms with E-state index in [2.05, 4.69) is 33.8 Å². The van der Waals surface area contributed by atoms with Crippen molar-refractivity contribution in [2.45, 2.75) is 211 Å². The Morgan fingerprint density at radius 1 is 0.632 bits per heavy atom. The van der Waals surface area contributed by atoms with E-state index in [1.54, 1.807) is 0 Å². The van der Waals surface area contributed by atoms with Crippen LogP contribution in [0.5, 0.6) is 0 Å². The molecule has 3 saturated heterocycles. The zero-order valence-corrected chi connectivity index (χ0v) is 40.0. The van der Waals surface area contributed by atoms with Gasteiger partial charge in [0.15, 0.2) is 18.9 Å². The maximum absolute atomic E-state index is 14.0. The van der Waals surface area contributed by atoms with Crippen molar-refractivity contribution in [1.82, 2.24) is 0 Å². The molecule has 0 aromatic heterocycles. The van der Waals surface area contributed by atoms with Crippen LogP contribution in [-0.2, 0) is 38.0 Å². The highest BCUT2D eigenvalue weighted by Crippen LogP contribution is 2.76. The molecule has 20 heteroatoms. The average molecular weight is 973 g/mol.